The van der Waals surface area contributed by atoms with Crippen LogP contribution in [-0.4, -0.2) is 10.9 Å². The Balaban J connectivity index is 1.66. The SMILES string of the molecule is CC(C)(C)C(=O)Nc1csc(-p2oc3ccc4ccccc4c3c3c(ccc4ccccc43)o2)n1. The van der Waals surface area contributed by atoms with E-state index in [1.165, 1.54) is 11.3 Å². The van der Waals surface area contributed by atoms with E-state index < -0.39 is 13.4 Å². The third kappa shape index (κ3) is 3.89. The van der Waals surface area contributed by atoms with Crippen LogP contribution in [0.25, 0.3) is 48.2 Å². The lowest BCUT2D eigenvalue weighted by Crippen LogP contribution is -2.27. The van der Waals surface area contributed by atoms with Crippen molar-refractivity contribution in [2.24, 2.45) is 5.41 Å². The zero-order chi connectivity index (χ0) is 24.2. The van der Waals surface area contributed by atoms with E-state index in [4.69, 9.17) is 8.39 Å². The molecule has 6 rings (SSSR count). The smallest absolute Gasteiger partial charge is 0.284 e. The normalized spacial score (nSPS) is 12.0. The maximum atomic E-state index is 12.4. The highest BCUT2D eigenvalue weighted by Crippen LogP contribution is 2.47. The van der Waals surface area contributed by atoms with E-state index in [9.17, 15) is 4.79 Å². The molecule has 0 radical (unpaired) electrons. The Labute approximate surface area is 206 Å². The lowest BCUT2D eigenvalue weighted by Gasteiger charge is -2.16. The van der Waals surface area contributed by atoms with Crippen LogP contribution in [0.3, 0.4) is 0 Å². The summed E-state index contributed by atoms with van der Waals surface area (Å²) in [4.78, 5) is 17.1. The van der Waals surface area contributed by atoms with Crippen LogP contribution in [0.2, 0.25) is 0 Å². The maximum absolute atomic E-state index is 12.4. The summed E-state index contributed by atoms with van der Waals surface area (Å²) in [7, 11) is -1.55. The predicted molar refractivity (Wildman–Crippen MR) is 146 cm³/mol. The fraction of sp³-hybridized carbons (Fsp3) is 0.143. The van der Waals surface area contributed by atoms with Crippen LogP contribution in [0.4, 0.5) is 5.82 Å². The molecule has 2 heterocycles. The minimum atomic E-state index is -1.55. The number of hydrogen-bond donors (Lipinski definition) is 1. The summed E-state index contributed by atoms with van der Waals surface area (Å²) in [5.74, 6) is 0.430. The van der Waals surface area contributed by atoms with E-state index in [2.05, 4.69) is 46.7 Å². The summed E-state index contributed by atoms with van der Waals surface area (Å²) < 4.78 is 13.8. The van der Waals surface area contributed by atoms with Crippen LogP contribution in [0.1, 0.15) is 20.8 Å². The largest absolute Gasteiger partial charge is 0.414 e. The fourth-order valence-electron chi connectivity index (χ4n) is 4.16. The Morgan fingerprint density at radius 3 is 1.91 bits per heavy atom. The van der Waals surface area contributed by atoms with Crippen LogP contribution >= 0.6 is 19.4 Å². The van der Waals surface area contributed by atoms with Gasteiger partial charge in [0.05, 0.1) is 0 Å². The molecule has 1 N–H and O–H groups in total. The van der Waals surface area contributed by atoms with Gasteiger partial charge in [0.15, 0.2) is 0 Å². The zero-order valence-corrected chi connectivity index (χ0v) is 21.2. The molecule has 0 saturated carbocycles. The van der Waals surface area contributed by atoms with Crippen molar-refractivity contribution in [2.45, 2.75) is 20.8 Å². The number of fused-ring (bicyclic) bond motifs is 7. The zero-order valence-electron chi connectivity index (χ0n) is 19.5. The first-order chi connectivity index (χ1) is 16.9. The quantitative estimate of drug-likeness (QED) is 0.259. The molecule has 7 heteroatoms. The molecule has 4 aromatic carbocycles. The highest BCUT2D eigenvalue weighted by Gasteiger charge is 2.23. The van der Waals surface area contributed by atoms with Crippen molar-refractivity contribution < 1.29 is 13.2 Å². The Morgan fingerprint density at radius 2 is 1.37 bits per heavy atom. The number of benzene rings is 4. The highest BCUT2D eigenvalue weighted by atomic mass is 32.1. The molecule has 2 aromatic heterocycles. The molecule has 0 spiro atoms. The summed E-state index contributed by atoms with van der Waals surface area (Å²) in [6, 6.07) is 24.8. The predicted octanol–water partition coefficient (Wildman–Crippen LogP) is 9.03. The monoisotopic (exact) mass is 498 g/mol. The molecule has 0 aliphatic heterocycles. The van der Waals surface area contributed by atoms with Crippen LogP contribution in [-0.2, 0) is 4.79 Å². The summed E-state index contributed by atoms with van der Waals surface area (Å²) in [5.41, 5.74) is 1.02. The first-order valence-electron chi connectivity index (χ1n) is 11.4. The van der Waals surface area contributed by atoms with Crippen LogP contribution in [0.5, 0.6) is 0 Å². The molecule has 0 bridgehead atoms. The van der Waals surface area contributed by atoms with Crippen molar-refractivity contribution in [3.8, 4) is 4.75 Å². The molecule has 5 nitrogen and oxygen atoms in total. The number of carbonyl (C=O) groups is 1. The standard InChI is InChI=1S/C28H23N2O3PS/c1-28(2,3)26(31)29-23-16-35-27(30-23)34-32-21-14-12-17-8-4-6-10-19(17)24(21)25-20-11-7-5-9-18(20)13-15-22(25)33-34/h4-16H,1-3H3,(H,29,31). The highest BCUT2D eigenvalue weighted by molar-refractivity contribution is 7.54. The molecular weight excluding hydrogens is 475 g/mol. The molecule has 0 fully saturated rings. The second-order valence-corrected chi connectivity index (χ2v) is 11.9. The van der Waals surface area contributed by atoms with E-state index in [0.29, 0.717) is 10.6 Å². The van der Waals surface area contributed by atoms with Gasteiger partial charge >= 0.3 is 0 Å². The molecule has 35 heavy (non-hydrogen) atoms. The van der Waals surface area contributed by atoms with Gasteiger partial charge in [-0.2, -0.15) is 0 Å². The average molecular weight is 499 g/mol. The molecular formula is C28H23N2O3PS. The number of rotatable bonds is 2. The third-order valence-corrected chi connectivity index (χ3v) is 8.51. The van der Waals surface area contributed by atoms with Crippen molar-refractivity contribution in [3.05, 3.63) is 78.2 Å². The van der Waals surface area contributed by atoms with Crippen molar-refractivity contribution in [1.82, 2.24) is 4.98 Å². The number of carbonyl (C=O) groups excluding carboxylic acids is 1. The average Bonchev–Trinajstić information content (AvgIpc) is 3.23. The van der Waals surface area contributed by atoms with Crippen LogP contribution in [0.15, 0.2) is 86.6 Å². The van der Waals surface area contributed by atoms with Crippen molar-refractivity contribution >= 4 is 74.6 Å². The number of anilines is 1. The minimum Gasteiger partial charge on any atom is -0.414 e. The maximum Gasteiger partial charge on any atom is 0.284 e. The molecule has 174 valence electrons. The molecule has 0 unspecified atom stereocenters. The van der Waals surface area contributed by atoms with E-state index in [-0.39, 0.29) is 5.91 Å². The van der Waals surface area contributed by atoms with Gasteiger partial charge in [0, 0.05) is 21.6 Å². The van der Waals surface area contributed by atoms with Gasteiger partial charge in [0.1, 0.15) is 17.0 Å². The van der Waals surface area contributed by atoms with E-state index in [1.54, 1.807) is 0 Å². The van der Waals surface area contributed by atoms with E-state index in [0.717, 1.165) is 43.5 Å². The van der Waals surface area contributed by atoms with E-state index >= 15 is 0 Å². The molecule has 0 saturated heterocycles. The second kappa shape index (κ2) is 8.26. The second-order valence-electron chi connectivity index (χ2n) is 9.48. The van der Waals surface area contributed by atoms with Gasteiger partial charge < -0.3 is 13.7 Å². The summed E-state index contributed by atoms with van der Waals surface area (Å²) >= 11 is 1.43. The summed E-state index contributed by atoms with van der Waals surface area (Å²) in [6.45, 7) is 5.62. The molecule has 0 atom stereocenters. The van der Waals surface area contributed by atoms with Gasteiger partial charge in [-0.3, -0.25) is 4.79 Å². The van der Waals surface area contributed by atoms with Gasteiger partial charge in [-0.25, -0.2) is 4.98 Å². The van der Waals surface area contributed by atoms with Gasteiger partial charge in [0.2, 0.25) is 10.7 Å². The number of hydrogen-bond acceptors (Lipinski definition) is 5. The first kappa shape index (κ1) is 21.9. The van der Waals surface area contributed by atoms with Gasteiger partial charge in [-0.05, 0) is 33.7 Å². The van der Waals surface area contributed by atoms with Crippen LogP contribution in [0, 0.1) is 5.41 Å². The first-order valence-corrected chi connectivity index (χ1v) is 13.4. The van der Waals surface area contributed by atoms with Crippen molar-refractivity contribution in [2.75, 3.05) is 5.32 Å². The molecule has 0 aliphatic rings. The molecule has 6 aromatic rings. The number of thiazole rings is 1. The Morgan fingerprint density at radius 1 is 0.829 bits per heavy atom. The number of amides is 1. The lowest BCUT2D eigenvalue weighted by molar-refractivity contribution is -0.123. The minimum absolute atomic E-state index is 0.0848. The molecule has 0 aliphatic carbocycles. The van der Waals surface area contributed by atoms with Gasteiger partial charge in [-0.1, -0.05) is 81.4 Å². The van der Waals surface area contributed by atoms with Crippen molar-refractivity contribution in [1.29, 1.82) is 0 Å². The van der Waals surface area contributed by atoms with Gasteiger partial charge in [-0.15, -0.1) is 11.3 Å². The summed E-state index contributed by atoms with van der Waals surface area (Å²) in [6.07, 6.45) is 0. The Hall–Kier alpha value is -3.60. The topological polar surface area (TPSA) is 68.3 Å². The fourth-order valence-corrected chi connectivity index (χ4v) is 6.41. The van der Waals surface area contributed by atoms with Gasteiger partial charge in [0.25, 0.3) is 8.01 Å². The van der Waals surface area contributed by atoms with Crippen molar-refractivity contribution in [3.63, 3.8) is 0 Å². The third-order valence-electron chi connectivity index (χ3n) is 5.97. The number of aromatic nitrogens is 1. The number of nitrogens with one attached hydrogen (secondary N) is 1. The van der Waals surface area contributed by atoms with E-state index in [1.807, 2.05) is 62.5 Å². The number of nitrogens with zero attached hydrogens (tertiary/aromatic N) is 1. The Bertz CT molecular complexity index is 1700. The lowest BCUT2D eigenvalue weighted by atomic mass is 9.96. The summed E-state index contributed by atoms with van der Waals surface area (Å²) in [5, 5.41) is 11.3. The Kier molecular flexibility index (Phi) is 5.17. The van der Waals surface area contributed by atoms with Crippen LogP contribution < -0.4 is 5.32 Å². The molecule has 1 amide bonds.